The Kier molecular flexibility index (Phi) is 6.76. The van der Waals surface area contributed by atoms with Crippen LogP contribution in [0.2, 0.25) is 0 Å². The second-order valence-electron chi connectivity index (χ2n) is 6.90. The molecule has 31 heavy (non-hydrogen) atoms. The third-order valence-corrected chi connectivity index (χ3v) is 4.56. The SMILES string of the molecule is CN(Cc1ccccc1)C(=O)C(=O)c1c(-c2ccc(OCCC(=O)O)cc2)nnn1C. The highest BCUT2D eigenvalue weighted by Crippen LogP contribution is 2.24. The number of carbonyl (C=O) groups excluding carboxylic acids is 2. The molecular formula is C22H22N4O5. The number of hydrogen-bond acceptors (Lipinski definition) is 6. The van der Waals surface area contributed by atoms with E-state index in [-0.39, 0.29) is 24.4 Å². The van der Waals surface area contributed by atoms with Crippen LogP contribution in [0.15, 0.2) is 54.6 Å². The maximum absolute atomic E-state index is 13.0. The topological polar surface area (TPSA) is 115 Å². The molecule has 2 aromatic carbocycles. The van der Waals surface area contributed by atoms with Crippen molar-refractivity contribution >= 4 is 17.7 Å². The van der Waals surface area contributed by atoms with Gasteiger partial charge in [-0.3, -0.25) is 14.4 Å². The molecule has 0 radical (unpaired) electrons. The van der Waals surface area contributed by atoms with E-state index < -0.39 is 17.7 Å². The fraction of sp³-hybridized carbons (Fsp3) is 0.227. The van der Waals surface area contributed by atoms with Gasteiger partial charge in [0.2, 0.25) is 0 Å². The molecule has 1 aromatic heterocycles. The summed E-state index contributed by atoms with van der Waals surface area (Å²) in [6, 6.07) is 16.0. The fourth-order valence-corrected chi connectivity index (χ4v) is 2.98. The summed E-state index contributed by atoms with van der Waals surface area (Å²) in [5.41, 5.74) is 1.86. The molecule has 3 aromatic rings. The Bertz CT molecular complexity index is 1080. The van der Waals surface area contributed by atoms with E-state index >= 15 is 0 Å². The molecule has 0 saturated heterocycles. The normalized spacial score (nSPS) is 10.5. The Morgan fingerprint density at radius 3 is 2.39 bits per heavy atom. The molecule has 0 unspecified atom stereocenters. The van der Waals surface area contributed by atoms with E-state index in [4.69, 9.17) is 9.84 Å². The summed E-state index contributed by atoms with van der Waals surface area (Å²) in [6.45, 7) is 0.347. The predicted molar refractivity (Wildman–Crippen MR) is 111 cm³/mol. The average Bonchev–Trinajstić information content (AvgIpc) is 3.15. The number of rotatable bonds is 9. The summed E-state index contributed by atoms with van der Waals surface area (Å²) in [6.07, 6.45) is -0.108. The first-order valence-electron chi connectivity index (χ1n) is 9.55. The van der Waals surface area contributed by atoms with Gasteiger partial charge in [0.05, 0.1) is 13.0 Å². The fourth-order valence-electron chi connectivity index (χ4n) is 2.98. The van der Waals surface area contributed by atoms with Crippen molar-refractivity contribution in [3.05, 3.63) is 65.9 Å². The number of carbonyl (C=O) groups is 3. The molecule has 0 atom stereocenters. The van der Waals surface area contributed by atoms with Crippen molar-refractivity contribution in [2.24, 2.45) is 7.05 Å². The van der Waals surface area contributed by atoms with Crippen LogP contribution in [-0.2, 0) is 23.2 Å². The standard InChI is InChI=1S/C22H22N4O5/c1-25(14-15-6-4-3-5-7-15)22(30)21(29)20-19(23-24-26(20)2)16-8-10-17(11-9-16)31-13-12-18(27)28/h3-11H,12-14H2,1-2H3,(H,27,28). The summed E-state index contributed by atoms with van der Waals surface area (Å²) in [4.78, 5) is 37.6. The van der Waals surface area contributed by atoms with E-state index in [2.05, 4.69) is 10.3 Å². The number of carboxylic acid groups (broad SMARTS) is 1. The molecule has 0 spiro atoms. The lowest BCUT2D eigenvalue weighted by atomic mass is 10.1. The molecule has 160 valence electrons. The number of benzene rings is 2. The van der Waals surface area contributed by atoms with Gasteiger partial charge in [0, 0.05) is 26.2 Å². The van der Waals surface area contributed by atoms with Crippen LogP contribution in [-0.4, -0.2) is 56.3 Å². The molecule has 1 amide bonds. The Balaban J connectivity index is 1.76. The van der Waals surface area contributed by atoms with Gasteiger partial charge < -0.3 is 14.7 Å². The smallest absolute Gasteiger partial charge is 0.306 e. The minimum Gasteiger partial charge on any atom is -0.493 e. The number of aromatic nitrogens is 3. The van der Waals surface area contributed by atoms with E-state index in [1.807, 2.05) is 30.3 Å². The van der Waals surface area contributed by atoms with Crippen molar-refractivity contribution in [1.82, 2.24) is 19.9 Å². The van der Waals surface area contributed by atoms with Crippen LogP contribution in [0.1, 0.15) is 22.5 Å². The summed E-state index contributed by atoms with van der Waals surface area (Å²) < 4.78 is 6.65. The van der Waals surface area contributed by atoms with Crippen molar-refractivity contribution in [3.8, 4) is 17.0 Å². The first-order chi connectivity index (χ1) is 14.9. The number of hydrogen-bond donors (Lipinski definition) is 1. The van der Waals surface area contributed by atoms with E-state index in [0.717, 1.165) is 5.56 Å². The number of carboxylic acids is 1. The second-order valence-corrected chi connectivity index (χ2v) is 6.90. The van der Waals surface area contributed by atoms with Gasteiger partial charge in [-0.15, -0.1) is 5.10 Å². The molecule has 9 heteroatoms. The second kappa shape index (κ2) is 9.66. The Morgan fingerprint density at radius 1 is 1.06 bits per heavy atom. The summed E-state index contributed by atoms with van der Waals surface area (Å²) in [5, 5.41) is 16.6. The van der Waals surface area contributed by atoms with Crippen LogP contribution < -0.4 is 4.74 Å². The van der Waals surface area contributed by atoms with Gasteiger partial charge in [-0.1, -0.05) is 35.5 Å². The summed E-state index contributed by atoms with van der Waals surface area (Å²) in [5.74, 6) is -1.83. The van der Waals surface area contributed by atoms with Crippen molar-refractivity contribution < 1.29 is 24.2 Å². The van der Waals surface area contributed by atoms with Gasteiger partial charge in [0.1, 0.15) is 17.1 Å². The molecule has 3 rings (SSSR count). The van der Waals surface area contributed by atoms with Crippen LogP contribution >= 0.6 is 0 Å². The van der Waals surface area contributed by atoms with Crippen LogP contribution in [0.5, 0.6) is 5.75 Å². The lowest BCUT2D eigenvalue weighted by Gasteiger charge is -2.16. The summed E-state index contributed by atoms with van der Waals surface area (Å²) in [7, 11) is 3.12. The maximum atomic E-state index is 13.0. The van der Waals surface area contributed by atoms with Crippen LogP contribution in [0.25, 0.3) is 11.3 Å². The largest absolute Gasteiger partial charge is 0.493 e. The van der Waals surface area contributed by atoms with Crippen molar-refractivity contribution in [3.63, 3.8) is 0 Å². The van der Waals surface area contributed by atoms with Gasteiger partial charge >= 0.3 is 5.97 Å². The molecule has 0 fully saturated rings. The van der Waals surface area contributed by atoms with E-state index in [1.54, 1.807) is 38.4 Å². The first-order valence-corrected chi connectivity index (χ1v) is 9.55. The number of Topliss-reactive ketones (excluding diaryl/α,β-unsaturated/α-hetero) is 1. The number of ketones is 1. The highest BCUT2D eigenvalue weighted by atomic mass is 16.5. The molecule has 0 saturated carbocycles. The van der Waals surface area contributed by atoms with E-state index in [9.17, 15) is 14.4 Å². The average molecular weight is 422 g/mol. The summed E-state index contributed by atoms with van der Waals surface area (Å²) >= 11 is 0. The van der Waals surface area contributed by atoms with Gasteiger partial charge in [-0.2, -0.15) is 0 Å². The van der Waals surface area contributed by atoms with E-state index in [1.165, 1.54) is 9.58 Å². The zero-order valence-electron chi connectivity index (χ0n) is 17.2. The first kappa shape index (κ1) is 21.7. The van der Waals surface area contributed by atoms with Crippen molar-refractivity contribution in [2.75, 3.05) is 13.7 Å². The molecular weight excluding hydrogens is 400 g/mol. The third kappa shape index (κ3) is 5.33. The molecule has 0 bridgehead atoms. The third-order valence-electron chi connectivity index (χ3n) is 4.56. The van der Waals surface area contributed by atoms with Crippen molar-refractivity contribution in [2.45, 2.75) is 13.0 Å². The Morgan fingerprint density at radius 2 is 1.74 bits per heavy atom. The minimum absolute atomic E-state index is 0.0474. The van der Waals surface area contributed by atoms with Crippen molar-refractivity contribution in [1.29, 1.82) is 0 Å². The van der Waals surface area contributed by atoms with Crippen LogP contribution in [0.3, 0.4) is 0 Å². The molecule has 0 aliphatic carbocycles. The van der Waals surface area contributed by atoms with Gasteiger partial charge in [0.15, 0.2) is 0 Å². The number of aryl methyl sites for hydroxylation is 1. The quantitative estimate of drug-likeness (QED) is 0.415. The zero-order valence-corrected chi connectivity index (χ0v) is 17.2. The minimum atomic E-state index is -0.943. The van der Waals surface area contributed by atoms with E-state index in [0.29, 0.717) is 17.9 Å². The van der Waals surface area contributed by atoms with Crippen LogP contribution in [0, 0.1) is 0 Å². The molecule has 9 nitrogen and oxygen atoms in total. The number of nitrogens with zero attached hydrogens (tertiary/aromatic N) is 4. The Labute approximate surface area is 178 Å². The highest BCUT2D eigenvalue weighted by Gasteiger charge is 2.28. The van der Waals surface area contributed by atoms with Crippen LogP contribution in [0.4, 0.5) is 0 Å². The van der Waals surface area contributed by atoms with Gasteiger partial charge in [0.25, 0.3) is 11.7 Å². The molecule has 1 heterocycles. The predicted octanol–water partition coefficient (Wildman–Crippen LogP) is 2.18. The Hall–Kier alpha value is -4.01. The molecule has 1 N–H and O–H groups in total. The monoisotopic (exact) mass is 422 g/mol. The number of aliphatic carboxylic acids is 1. The lowest BCUT2D eigenvalue weighted by Crippen LogP contribution is -2.34. The number of amides is 1. The zero-order chi connectivity index (χ0) is 22.4. The number of likely N-dealkylation sites (N-methyl/N-ethyl adjacent to an activating group) is 1. The molecule has 0 aliphatic rings. The maximum Gasteiger partial charge on any atom is 0.306 e. The number of ether oxygens (including phenoxy) is 1. The molecule has 0 aliphatic heterocycles. The van der Waals surface area contributed by atoms with Gasteiger partial charge in [-0.25, -0.2) is 4.68 Å². The lowest BCUT2D eigenvalue weighted by molar-refractivity contribution is -0.137. The van der Waals surface area contributed by atoms with Gasteiger partial charge in [-0.05, 0) is 29.8 Å². The highest BCUT2D eigenvalue weighted by molar-refractivity contribution is 6.43.